The molecule has 0 saturated heterocycles. The van der Waals surface area contributed by atoms with Gasteiger partial charge in [0.25, 0.3) is 0 Å². The van der Waals surface area contributed by atoms with Crippen molar-refractivity contribution in [2.75, 3.05) is 0 Å². The van der Waals surface area contributed by atoms with Crippen LogP contribution in [0.4, 0.5) is 0 Å². The monoisotopic (exact) mass is 232 g/mol. The first-order chi connectivity index (χ1) is 8.31. The van der Waals surface area contributed by atoms with E-state index < -0.39 is 0 Å². The first-order valence-electron chi connectivity index (χ1n) is 5.71. The van der Waals surface area contributed by atoms with Gasteiger partial charge in [0.15, 0.2) is 0 Å². The fourth-order valence-corrected chi connectivity index (χ4v) is 1.81. The van der Waals surface area contributed by atoms with Crippen LogP contribution < -0.4 is 5.32 Å². The molecule has 1 unspecified atom stereocenters. The second kappa shape index (κ2) is 5.50. The van der Waals surface area contributed by atoms with Crippen LogP contribution in [0.1, 0.15) is 30.6 Å². The summed E-state index contributed by atoms with van der Waals surface area (Å²) in [5, 5.41) is 17.0. The van der Waals surface area contributed by atoms with Gasteiger partial charge in [-0.05, 0) is 12.5 Å². The second-order valence-electron chi connectivity index (χ2n) is 3.89. The van der Waals surface area contributed by atoms with Gasteiger partial charge in [-0.15, -0.1) is 0 Å². The third kappa shape index (κ3) is 2.85. The molecule has 0 saturated carbocycles. The van der Waals surface area contributed by atoms with Crippen molar-refractivity contribution in [3.05, 3.63) is 47.9 Å². The third-order valence-corrected chi connectivity index (χ3v) is 2.74. The zero-order chi connectivity index (χ0) is 12.1. The smallest absolute Gasteiger partial charge is 0.124 e. The maximum atomic E-state index is 9.80. The van der Waals surface area contributed by atoms with Crippen molar-refractivity contribution in [3.63, 3.8) is 0 Å². The molecule has 0 bridgehead atoms. The Morgan fingerprint density at radius 1 is 1.35 bits per heavy atom. The molecule has 0 aliphatic rings. The first kappa shape index (κ1) is 11.7. The third-order valence-electron chi connectivity index (χ3n) is 2.74. The van der Waals surface area contributed by atoms with Gasteiger partial charge in [0.05, 0.1) is 5.69 Å². The van der Waals surface area contributed by atoms with E-state index in [2.05, 4.69) is 17.4 Å². The highest BCUT2D eigenvalue weighted by molar-refractivity contribution is 5.34. The van der Waals surface area contributed by atoms with Gasteiger partial charge in [0.2, 0.25) is 0 Å². The summed E-state index contributed by atoms with van der Waals surface area (Å²) < 4.78 is 4.77. The van der Waals surface area contributed by atoms with E-state index in [1.54, 1.807) is 12.3 Å². The zero-order valence-electron chi connectivity index (χ0n) is 9.76. The van der Waals surface area contributed by atoms with Crippen LogP contribution in [0.3, 0.4) is 0 Å². The maximum absolute atomic E-state index is 9.80. The summed E-state index contributed by atoms with van der Waals surface area (Å²) in [5.74, 6) is 0.326. The molecular formula is C13H16N2O2. The van der Waals surface area contributed by atoms with Crippen molar-refractivity contribution in [3.8, 4) is 5.75 Å². The molecule has 2 aromatic rings. The van der Waals surface area contributed by atoms with Crippen LogP contribution >= 0.6 is 0 Å². The van der Waals surface area contributed by atoms with Gasteiger partial charge in [-0.2, -0.15) is 0 Å². The highest BCUT2D eigenvalue weighted by atomic mass is 16.5. The van der Waals surface area contributed by atoms with Crippen LogP contribution in [-0.4, -0.2) is 10.3 Å². The van der Waals surface area contributed by atoms with Gasteiger partial charge in [-0.25, -0.2) is 0 Å². The minimum atomic E-state index is 0.118. The van der Waals surface area contributed by atoms with E-state index >= 15 is 0 Å². The maximum Gasteiger partial charge on any atom is 0.124 e. The Morgan fingerprint density at radius 3 is 2.82 bits per heavy atom. The first-order valence-corrected chi connectivity index (χ1v) is 5.71. The van der Waals surface area contributed by atoms with Gasteiger partial charge in [0.1, 0.15) is 12.0 Å². The van der Waals surface area contributed by atoms with Crippen LogP contribution in [0.2, 0.25) is 0 Å². The summed E-state index contributed by atoms with van der Waals surface area (Å²) in [4.78, 5) is 0. The Bertz CT molecular complexity index is 454. The number of nitrogens with zero attached hydrogens (tertiary/aromatic N) is 1. The van der Waals surface area contributed by atoms with Gasteiger partial charge in [-0.1, -0.05) is 30.3 Å². The van der Waals surface area contributed by atoms with Gasteiger partial charge >= 0.3 is 0 Å². The number of hydrogen-bond donors (Lipinski definition) is 2. The van der Waals surface area contributed by atoms with Gasteiger partial charge in [0, 0.05) is 24.2 Å². The zero-order valence-corrected chi connectivity index (χ0v) is 9.76. The number of benzene rings is 1. The summed E-state index contributed by atoms with van der Waals surface area (Å²) >= 11 is 0. The number of phenols is 1. The van der Waals surface area contributed by atoms with Crippen LogP contribution in [0.5, 0.6) is 5.75 Å². The predicted octanol–water partition coefficient (Wildman–Crippen LogP) is 2.62. The number of aromatic hydroxyl groups is 1. The molecule has 1 aromatic heterocycles. The Kier molecular flexibility index (Phi) is 3.77. The van der Waals surface area contributed by atoms with Crippen molar-refractivity contribution in [2.45, 2.75) is 25.9 Å². The largest absolute Gasteiger partial charge is 0.508 e. The number of nitrogens with one attached hydrogen (secondary N) is 1. The molecule has 0 fully saturated rings. The van der Waals surface area contributed by atoms with E-state index in [0.29, 0.717) is 12.3 Å². The number of phenolic OH excluding ortho intramolecular Hbond substituents is 1. The number of hydrogen-bond acceptors (Lipinski definition) is 4. The SMILES string of the molecule is CCC(NCc1ccon1)c1ccccc1O. The lowest BCUT2D eigenvalue weighted by Gasteiger charge is -2.17. The minimum absolute atomic E-state index is 0.118. The standard InChI is InChI=1S/C13H16N2O2/c1-2-12(11-5-3-4-6-13(11)16)14-9-10-7-8-17-15-10/h3-8,12,14,16H,2,9H2,1H3. The van der Waals surface area contributed by atoms with Gasteiger partial charge < -0.3 is 14.9 Å². The van der Waals surface area contributed by atoms with E-state index in [0.717, 1.165) is 17.7 Å². The lowest BCUT2D eigenvalue weighted by molar-refractivity contribution is 0.401. The van der Waals surface area contributed by atoms with Crippen molar-refractivity contribution < 1.29 is 9.63 Å². The minimum Gasteiger partial charge on any atom is -0.508 e. The molecule has 1 heterocycles. The summed E-state index contributed by atoms with van der Waals surface area (Å²) in [6.07, 6.45) is 2.45. The summed E-state index contributed by atoms with van der Waals surface area (Å²) in [6.45, 7) is 2.70. The second-order valence-corrected chi connectivity index (χ2v) is 3.89. The highest BCUT2D eigenvalue weighted by Gasteiger charge is 2.12. The van der Waals surface area contributed by atoms with E-state index in [4.69, 9.17) is 4.52 Å². The van der Waals surface area contributed by atoms with Crippen LogP contribution in [0.25, 0.3) is 0 Å². The predicted molar refractivity (Wildman–Crippen MR) is 64.5 cm³/mol. The summed E-state index contributed by atoms with van der Waals surface area (Å²) in [6, 6.07) is 9.33. The Hall–Kier alpha value is -1.81. The molecule has 0 radical (unpaired) electrons. The molecule has 2 rings (SSSR count). The van der Waals surface area contributed by atoms with E-state index in [1.807, 2.05) is 24.3 Å². The van der Waals surface area contributed by atoms with Crippen molar-refractivity contribution in [1.29, 1.82) is 0 Å². The fourth-order valence-electron chi connectivity index (χ4n) is 1.81. The van der Waals surface area contributed by atoms with Crippen molar-refractivity contribution >= 4 is 0 Å². The quantitative estimate of drug-likeness (QED) is 0.832. The molecule has 90 valence electrons. The van der Waals surface area contributed by atoms with E-state index in [1.165, 1.54) is 0 Å². The normalized spacial score (nSPS) is 12.5. The number of rotatable bonds is 5. The molecule has 0 spiro atoms. The Labute approximate surface area is 100 Å². The topological polar surface area (TPSA) is 58.3 Å². The van der Waals surface area contributed by atoms with Crippen LogP contribution in [0.15, 0.2) is 41.1 Å². The van der Waals surface area contributed by atoms with Crippen LogP contribution in [0, 0.1) is 0 Å². The lowest BCUT2D eigenvalue weighted by atomic mass is 10.0. The Balaban J connectivity index is 2.04. The number of para-hydroxylation sites is 1. The molecule has 1 aromatic carbocycles. The number of aromatic nitrogens is 1. The Morgan fingerprint density at radius 2 is 2.18 bits per heavy atom. The summed E-state index contributed by atoms with van der Waals surface area (Å²) in [5.41, 5.74) is 1.78. The average molecular weight is 232 g/mol. The highest BCUT2D eigenvalue weighted by Crippen LogP contribution is 2.25. The lowest BCUT2D eigenvalue weighted by Crippen LogP contribution is -2.20. The molecule has 4 nitrogen and oxygen atoms in total. The molecule has 0 amide bonds. The molecular weight excluding hydrogens is 216 g/mol. The molecule has 17 heavy (non-hydrogen) atoms. The van der Waals surface area contributed by atoms with Crippen LogP contribution in [-0.2, 0) is 6.54 Å². The van der Waals surface area contributed by atoms with Gasteiger partial charge in [-0.3, -0.25) is 0 Å². The van der Waals surface area contributed by atoms with Crippen molar-refractivity contribution in [1.82, 2.24) is 10.5 Å². The molecule has 2 N–H and O–H groups in total. The molecule has 0 aliphatic heterocycles. The van der Waals surface area contributed by atoms with E-state index in [-0.39, 0.29) is 6.04 Å². The average Bonchev–Trinajstić information content (AvgIpc) is 2.85. The van der Waals surface area contributed by atoms with E-state index in [9.17, 15) is 5.11 Å². The van der Waals surface area contributed by atoms with Crippen molar-refractivity contribution in [2.24, 2.45) is 0 Å². The molecule has 1 atom stereocenters. The molecule has 4 heteroatoms. The summed E-state index contributed by atoms with van der Waals surface area (Å²) in [7, 11) is 0. The molecule has 0 aliphatic carbocycles. The fraction of sp³-hybridized carbons (Fsp3) is 0.308.